The average molecular weight is 527 g/mol. The van der Waals surface area contributed by atoms with Crippen LogP contribution in [0.2, 0.25) is 0 Å². The number of rotatable bonds is 7. The third kappa shape index (κ3) is 5.32. The Kier molecular flexibility index (Phi) is 6.89. The molecule has 1 aromatic carbocycles. The number of nitrogens with one attached hydrogen (secondary N) is 2. The number of thioether (sulfide) groups is 1. The van der Waals surface area contributed by atoms with Crippen LogP contribution >= 0.6 is 11.8 Å². The number of pyridine rings is 1. The summed E-state index contributed by atoms with van der Waals surface area (Å²) in [5.41, 5.74) is 3.56. The van der Waals surface area contributed by atoms with E-state index in [4.69, 9.17) is 9.40 Å². The maximum Gasteiger partial charge on any atom is 0.290 e. The van der Waals surface area contributed by atoms with Gasteiger partial charge in [-0.2, -0.15) is 0 Å². The van der Waals surface area contributed by atoms with E-state index in [0.717, 1.165) is 72.2 Å². The second kappa shape index (κ2) is 10.8. The molecule has 2 saturated heterocycles. The lowest BCUT2D eigenvalue weighted by Gasteiger charge is -2.32. The van der Waals surface area contributed by atoms with Crippen LogP contribution in [0, 0.1) is 5.92 Å². The molecule has 2 amide bonds. The van der Waals surface area contributed by atoms with Crippen molar-refractivity contribution in [3.8, 4) is 11.5 Å². The number of aromatic nitrogens is 3. The maximum atomic E-state index is 11.8. The molecule has 9 nitrogen and oxygen atoms in total. The standard InChI is InChI=1S/C28H26N6O3S/c35-26-24(38-28(36)33-26)15-21-7-10-30-27(31-21)34-11-8-18(9-12-34)16-29-17-20-14-19-4-1-2-5-22(19)32-25(20)23-6-3-13-37-23/h1-7,10,13-15,18,29H,8-9,11-12,16-17H2,(H,33,35,36)/b24-15-. The highest BCUT2D eigenvalue weighted by Crippen LogP contribution is 2.28. The highest BCUT2D eigenvalue weighted by Gasteiger charge is 2.26. The molecule has 0 saturated carbocycles. The lowest BCUT2D eigenvalue weighted by atomic mass is 9.97. The number of piperidine rings is 1. The largest absolute Gasteiger partial charge is 0.463 e. The molecular formula is C28H26N6O3S. The molecule has 0 radical (unpaired) electrons. The molecule has 4 aromatic rings. The zero-order chi connectivity index (χ0) is 25.9. The van der Waals surface area contributed by atoms with Crippen molar-refractivity contribution in [3.63, 3.8) is 0 Å². The van der Waals surface area contributed by atoms with Crippen molar-refractivity contribution in [1.29, 1.82) is 0 Å². The van der Waals surface area contributed by atoms with E-state index in [0.29, 0.717) is 29.0 Å². The van der Waals surface area contributed by atoms with Crippen LogP contribution in [0.1, 0.15) is 24.1 Å². The van der Waals surface area contributed by atoms with Gasteiger partial charge in [0.2, 0.25) is 5.95 Å². The fraction of sp³-hybridized carbons (Fsp3) is 0.250. The SMILES string of the molecule is O=C1NC(=O)/C(=C/c2ccnc(N3CCC(CNCc4cc5ccccc5nc4-c4ccco4)CC3)n2)S1. The molecule has 2 aliphatic rings. The number of hydrogen-bond acceptors (Lipinski definition) is 9. The lowest BCUT2D eigenvalue weighted by molar-refractivity contribution is -0.115. The predicted octanol–water partition coefficient (Wildman–Crippen LogP) is 4.61. The summed E-state index contributed by atoms with van der Waals surface area (Å²) in [7, 11) is 0. The van der Waals surface area contributed by atoms with Crippen molar-refractivity contribution in [2.45, 2.75) is 19.4 Å². The number of hydrogen-bond donors (Lipinski definition) is 2. The summed E-state index contributed by atoms with van der Waals surface area (Å²) in [6, 6.07) is 15.9. The second-order valence-electron chi connectivity index (χ2n) is 9.36. The Hall–Kier alpha value is -4.02. The van der Waals surface area contributed by atoms with Gasteiger partial charge in [-0.3, -0.25) is 14.9 Å². The molecule has 38 heavy (non-hydrogen) atoms. The van der Waals surface area contributed by atoms with Gasteiger partial charge >= 0.3 is 0 Å². The summed E-state index contributed by atoms with van der Waals surface area (Å²) in [5.74, 6) is 1.58. The van der Waals surface area contributed by atoms with Crippen LogP contribution in [0.3, 0.4) is 0 Å². The van der Waals surface area contributed by atoms with E-state index in [1.54, 1.807) is 24.6 Å². The molecule has 0 atom stereocenters. The van der Waals surface area contributed by atoms with E-state index in [1.165, 1.54) is 0 Å². The molecule has 0 bridgehead atoms. The van der Waals surface area contributed by atoms with E-state index < -0.39 is 0 Å². The molecule has 0 unspecified atom stereocenters. The summed E-state index contributed by atoms with van der Waals surface area (Å²) >= 11 is 0.888. The van der Waals surface area contributed by atoms with Crippen LogP contribution in [0.5, 0.6) is 0 Å². The van der Waals surface area contributed by atoms with Crippen molar-refractivity contribution in [3.05, 3.63) is 77.2 Å². The van der Waals surface area contributed by atoms with Crippen molar-refractivity contribution in [2.24, 2.45) is 5.92 Å². The number of imide groups is 1. The molecule has 2 N–H and O–H groups in total. The van der Waals surface area contributed by atoms with Crippen LogP contribution in [0.15, 0.2) is 70.3 Å². The Bertz CT molecular complexity index is 1510. The molecule has 0 aliphatic carbocycles. The van der Waals surface area contributed by atoms with E-state index >= 15 is 0 Å². The number of anilines is 1. The Balaban J connectivity index is 1.06. The highest BCUT2D eigenvalue weighted by atomic mass is 32.2. The third-order valence-electron chi connectivity index (χ3n) is 6.79. The van der Waals surface area contributed by atoms with Gasteiger partial charge in [0, 0.05) is 31.2 Å². The van der Waals surface area contributed by atoms with Gasteiger partial charge in [0.25, 0.3) is 11.1 Å². The van der Waals surface area contributed by atoms with Gasteiger partial charge in [0.05, 0.1) is 22.4 Å². The van der Waals surface area contributed by atoms with Gasteiger partial charge < -0.3 is 14.6 Å². The summed E-state index contributed by atoms with van der Waals surface area (Å²) < 4.78 is 5.67. The average Bonchev–Trinajstić information content (AvgIpc) is 3.58. The molecule has 3 aromatic heterocycles. The summed E-state index contributed by atoms with van der Waals surface area (Å²) in [6.07, 6.45) is 7.05. The highest BCUT2D eigenvalue weighted by molar-refractivity contribution is 8.18. The van der Waals surface area contributed by atoms with Gasteiger partial charge in [-0.25, -0.2) is 15.0 Å². The Morgan fingerprint density at radius 2 is 1.97 bits per heavy atom. The fourth-order valence-corrected chi connectivity index (χ4v) is 5.49. The first-order valence-corrected chi connectivity index (χ1v) is 13.4. The number of nitrogens with zero attached hydrogens (tertiary/aromatic N) is 4. The van der Waals surface area contributed by atoms with E-state index in [9.17, 15) is 9.59 Å². The van der Waals surface area contributed by atoms with Crippen molar-refractivity contribution >= 4 is 45.8 Å². The molecule has 10 heteroatoms. The zero-order valence-electron chi connectivity index (χ0n) is 20.6. The van der Waals surface area contributed by atoms with Crippen LogP contribution in [-0.2, 0) is 11.3 Å². The minimum absolute atomic E-state index is 0.348. The number of furan rings is 1. The van der Waals surface area contributed by atoms with Crippen LogP contribution in [0.25, 0.3) is 28.4 Å². The number of carbonyl (C=O) groups excluding carboxylic acids is 2. The summed E-state index contributed by atoms with van der Waals surface area (Å²) in [6.45, 7) is 3.33. The first-order valence-electron chi connectivity index (χ1n) is 12.6. The van der Waals surface area contributed by atoms with Crippen LogP contribution in [0.4, 0.5) is 10.7 Å². The Morgan fingerprint density at radius 3 is 2.76 bits per heavy atom. The van der Waals surface area contributed by atoms with Gasteiger partial charge in [-0.15, -0.1) is 0 Å². The van der Waals surface area contributed by atoms with Crippen LogP contribution in [-0.4, -0.2) is 45.7 Å². The zero-order valence-corrected chi connectivity index (χ0v) is 21.4. The number of benzene rings is 1. The van der Waals surface area contributed by atoms with Crippen molar-refractivity contribution in [1.82, 2.24) is 25.6 Å². The Labute approximate surface area is 223 Å². The Morgan fingerprint density at radius 1 is 1.11 bits per heavy atom. The predicted molar refractivity (Wildman–Crippen MR) is 147 cm³/mol. The van der Waals surface area contributed by atoms with Crippen molar-refractivity contribution in [2.75, 3.05) is 24.5 Å². The van der Waals surface area contributed by atoms with Crippen molar-refractivity contribution < 1.29 is 14.0 Å². The number of amides is 2. The lowest BCUT2D eigenvalue weighted by Crippen LogP contribution is -2.38. The van der Waals surface area contributed by atoms with Gasteiger partial charge in [0.1, 0.15) is 5.69 Å². The molecule has 6 rings (SSSR count). The number of fused-ring (bicyclic) bond motifs is 1. The van der Waals surface area contributed by atoms with Gasteiger partial charge in [0.15, 0.2) is 5.76 Å². The number of para-hydroxylation sites is 1. The second-order valence-corrected chi connectivity index (χ2v) is 10.4. The third-order valence-corrected chi connectivity index (χ3v) is 7.60. The first kappa shape index (κ1) is 24.3. The maximum absolute atomic E-state index is 11.8. The van der Waals surface area contributed by atoms with E-state index in [2.05, 4.69) is 37.6 Å². The van der Waals surface area contributed by atoms with Crippen LogP contribution < -0.4 is 15.5 Å². The molecule has 0 spiro atoms. The van der Waals surface area contributed by atoms with E-state index in [1.807, 2.05) is 30.3 Å². The quantitative estimate of drug-likeness (QED) is 0.333. The summed E-state index contributed by atoms with van der Waals surface area (Å²) in [5, 5.41) is 6.66. The van der Waals surface area contributed by atoms with Gasteiger partial charge in [-0.05, 0) is 79.0 Å². The molecular weight excluding hydrogens is 500 g/mol. The van der Waals surface area contributed by atoms with Gasteiger partial charge in [-0.1, -0.05) is 18.2 Å². The number of carbonyl (C=O) groups is 2. The normalized spacial score (nSPS) is 17.5. The molecule has 2 fully saturated rings. The molecule has 192 valence electrons. The fourth-order valence-electron chi connectivity index (χ4n) is 4.82. The molecule has 2 aliphatic heterocycles. The monoisotopic (exact) mass is 526 g/mol. The minimum Gasteiger partial charge on any atom is -0.463 e. The molecule has 5 heterocycles. The topological polar surface area (TPSA) is 113 Å². The smallest absolute Gasteiger partial charge is 0.290 e. The van der Waals surface area contributed by atoms with E-state index in [-0.39, 0.29) is 11.1 Å². The summed E-state index contributed by atoms with van der Waals surface area (Å²) in [4.78, 5) is 39.7. The first-order chi connectivity index (χ1) is 18.6. The minimum atomic E-state index is -0.385.